The fourth-order valence-electron chi connectivity index (χ4n) is 7.40. The third-order valence-electron chi connectivity index (χ3n) is 10.4. The quantitative estimate of drug-likeness (QED) is 0.0806. The SMILES string of the molecule is CCCCOc1ccc(N(Cc2cccc(-c3cc(OC)c(OC)c(OC)c3)c2)C2CCN(Cc3ccnc(-c4cc(OC)c(OC)c(OC)c4)c3)CC2)cc1. The molecule has 56 heavy (non-hydrogen) atoms. The Labute approximate surface area is 331 Å². The third kappa shape index (κ3) is 9.42. The molecule has 5 aromatic rings. The fraction of sp³-hybridized carbons (Fsp3) is 0.370. The Balaban J connectivity index is 1.20. The molecule has 2 heterocycles. The van der Waals surface area contributed by atoms with E-state index in [2.05, 4.69) is 77.4 Å². The Hall–Kier alpha value is -5.61. The number of piperidine rings is 1. The van der Waals surface area contributed by atoms with Gasteiger partial charge in [-0.05, 0) is 108 Å². The summed E-state index contributed by atoms with van der Waals surface area (Å²) in [6.07, 6.45) is 6.10. The fourth-order valence-corrected chi connectivity index (χ4v) is 7.40. The van der Waals surface area contributed by atoms with Crippen LogP contribution in [0.1, 0.15) is 43.7 Å². The zero-order valence-corrected chi connectivity index (χ0v) is 33.8. The zero-order valence-electron chi connectivity index (χ0n) is 33.8. The van der Waals surface area contributed by atoms with E-state index in [1.165, 1.54) is 16.8 Å². The highest BCUT2D eigenvalue weighted by Crippen LogP contribution is 2.42. The topological polar surface area (TPSA) is 84.0 Å². The smallest absolute Gasteiger partial charge is 0.203 e. The van der Waals surface area contributed by atoms with Crippen LogP contribution in [0.15, 0.2) is 91.1 Å². The van der Waals surface area contributed by atoms with E-state index in [1.807, 2.05) is 30.5 Å². The number of pyridine rings is 1. The number of ether oxygens (including phenoxy) is 7. The highest BCUT2D eigenvalue weighted by atomic mass is 16.5. The molecular formula is C46H55N3O7. The van der Waals surface area contributed by atoms with Gasteiger partial charge in [0.1, 0.15) is 5.75 Å². The van der Waals surface area contributed by atoms with Gasteiger partial charge < -0.3 is 38.1 Å². The van der Waals surface area contributed by atoms with Crippen molar-refractivity contribution in [3.8, 4) is 62.6 Å². The van der Waals surface area contributed by atoms with Crippen molar-refractivity contribution < 1.29 is 33.2 Å². The minimum absolute atomic E-state index is 0.357. The Morgan fingerprint density at radius 2 is 1.25 bits per heavy atom. The molecule has 1 aliphatic rings. The van der Waals surface area contributed by atoms with Gasteiger partial charge in [0.2, 0.25) is 11.5 Å². The molecule has 0 amide bonds. The summed E-state index contributed by atoms with van der Waals surface area (Å²) in [7, 11) is 9.78. The van der Waals surface area contributed by atoms with Gasteiger partial charge in [-0.15, -0.1) is 0 Å². The van der Waals surface area contributed by atoms with Crippen molar-refractivity contribution >= 4 is 5.69 Å². The van der Waals surface area contributed by atoms with E-state index < -0.39 is 0 Å². The molecule has 0 bridgehead atoms. The molecule has 0 atom stereocenters. The van der Waals surface area contributed by atoms with Crippen molar-refractivity contribution in [3.05, 3.63) is 102 Å². The van der Waals surface area contributed by atoms with Crippen molar-refractivity contribution in [2.45, 2.75) is 51.7 Å². The molecule has 1 saturated heterocycles. The van der Waals surface area contributed by atoms with E-state index in [0.29, 0.717) is 40.5 Å². The highest BCUT2D eigenvalue weighted by Gasteiger charge is 2.26. The molecule has 10 nitrogen and oxygen atoms in total. The lowest BCUT2D eigenvalue weighted by Gasteiger charge is -2.40. The predicted octanol–water partition coefficient (Wildman–Crippen LogP) is 9.32. The largest absolute Gasteiger partial charge is 0.494 e. The van der Waals surface area contributed by atoms with Crippen LogP contribution < -0.4 is 38.1 Å². The second-order valence-corrected chi connectivity index (χ2v) is 13.9. The second-order valence-electron chi connectivity index (χ2n) is 13.9. The van der Waals surface area contributed by atoms with E-state index >= 15 is 0 Å². The first-order valence-electron chi connectivity index (χ1n) is 19.3. The van der Waals surface area contributed by atoms with Crippen molar-refractivity contribution in [1.82, 2.24) is 9.88 Å². The maximum Gasteiger partial charge on any atom is 0.203 e. The number of unbranched alkanes of at least 4 members (excludes halogenated alkanes) is 1. The third-order valence-corrected chi connectivity index (χ3v) is 10.4. The van der Waals surface area contributed by atoms with Gasteiger partial charge in [0.25, 0.3) is 0 Å². The van der Waals surface area contributed by atoms with Crippen LogP contribution in [-0.4, -0.2) is 78.3 Å². The van der Waals surface area contributed by atoms with Crippen LogP contribution in [0.2, 0.25) is 0 Å². The molecule has 1 fully saturated rings. The van der Waals surface area contributed by atoms with Crippen LogP contribution in [-0.2, 0) is 13.1 Å². The van der Waals surface area contributed by atoms with Crippen molar-refractivity contribution in [2.24, 2.45) is 0 Å². The van der Waals surface area contributed by atoms with Crippen LogP contribution >= 0.6 is 0 Å². The van der Waals surface area contributed by atoms with Crippen LogP contribution in [0.3, 0.4) is 0 Å². The van der Waals surface area contributed by atoms with E-state index in [9.17, 15) is 0 Å². The average molecular weight is 762 g/mol. The van der Waals surface area contributed by atoms with Crippen LogP contribution in [0.5, 0.6) is 40.2 Å². The lowest BCUT2D eigenvalue weighted by atomic mass is 9.98. The summed E-state index contributed by atoms with van der Waals surface area (Å²) in [5, 5.41) is 0. The number of aromatic nitrogens is 1. The zero-order chi connectivity index (χ0) is 39.4. The molecule has 0 aliphatic carbocycles. The summed E-state index contributed by atoms with van der Waals surface area (Å²) in [6.45, 7) is 6.47. The number of nitrogens with zero attached hydrogens (tertiary/aromatic N) is 3. The molecule has 10 heteroatoms. The Morgan fingerprint density at radius 1 is 0.643 bits per heavy atom. The lowest BCUT2D eigenvalue weighted by Crippen LogP contribution is -2.44. The molecule has 0 saturated carbocycles. The van der Waals surface area contributed by atoms with E-state index in [1.54, 1.807) is 42.7 Å². The van der Waals surface area contributed by atoms with E-state index in [4.69, 9.17) is 38.1 Å². The normalized spacial score (nSPS) is 13.2. The lowest BCUT2D eigenvalue weighted by molar-refractivity contribution is 0.201. The van der Waals surface area contributed by atoms with Gasteiger partial charge in [0.05, 0.1) is 55.0 Å². The number of anilines is 1. The van der Waals surface area contributed by atoms with Gasteiger partial charge in [-0.25, -0.2) is 0 Å². The number of methoxy groups -OCH3 is 6. The molecule has 0 unspecified atom stereocenters. The van der Waals surface area contributed by atoms with Crippen molar-refractivity contribution in [1.29, 1.82) is 0 Å². The molecule has 0 spiro atoms. The van der Waals surface area contributed by atoms with Gasteiger partial charge in [-0.3, -0.25) is 9.88 Å². The first kappa shape index (κ1) is 40.1. The molecule has 296 valence electrons. The minimum atomic E-state index is 0.357. The number of likely N-dealkylation sites (tertiary alicyclic amines) is 1. The minimum Gasteiger partial charge on any atom is -0.494 e. The maximum atomic E-state index is 6.03. The molecular weight excluding hydrogens is 707 g/mol. The van der Waals surface area contributed by atoms with Crippen LogP contribution in [0.4, 0.5) is 5.69 Å². The van der Waals surface area contributed by atoms with Gasteiger partial charge in [-0.1, -0.05) is 31.5 Å². The van der Waals surface area contributed by atoms with E-state index in [-0.39, 0.29) is 0 Å². The molecule has 6 rings (SSSR count). The summed E-state index contributed by atoms with van der Waals surface area (Å²) in [4.78, 5) is 9.80. The maximum absolute atomic E-state index is 6.03. The molecule has 1 aromatic heterocycles. The second kappa shape index (κ2) is 19.3. The predicted molar refractivity (Wildman–Crippen MR) is 222 cm³/mol. The first-order valence-corrected chi connectivity index (χ1v) is 19.3. The number of benzene rings is 4. The number of rotatable bonds is 18. The summed E-state index contributed by atoms with van der Waals surface area (Å²) in [5.41, 5.74) is 7.47. The summed E-state index contributed by atoms with van der Waals surface area (Å²) >= 11 is 0. The molecule has 0 radical (unpaired) electrons. The van der Waals surface area contributed by atoms with Gasteiger partial charge >= 0.3 is 0 Å². The van der Waals surface area contributed by atoms with E-state index in [0.717, 1.165) is 86.6 Å². The van der Waals surface area contributed by atoms with Crippen LogP contribution in [0.25, 0.3) is 22.4 Å². The monoisotopic (exact) mass is 761 g/mol. The number of hydrogen-bond acceptors (Lipinski definition) is 10. The molecule has 0 N–H and O–H groups in total. The standard InChI is InChI=1S/C46H55N3O7/c1-8-9-23-56-39-15-13-37(14-16-39)49(31-32-11-10-12-34(24-32)35-26-41(50-2)45(54-6)42(27-35)51-3)38-18-21-48(22-19-38)30-33-17-20-47-40(25-33)36-28-43(52-4)46(55-7)44(29-36)53-5/h10-17,20,24-29,38H,8-9,18-19,21-23,30-31H2,1-7H3. The number of hydrogen-bond donors (Lipinski definition) is 0. The van der Waals surface area contributed by atoms with Crippen molar-refractivity contribution in [2.75, 3.05) is 67.3 Å². The van der Waals surface area contributed by atoms with Gasteiger partial charge in [-0.2, -0.15) is 0 Å². The summed E-state index contributed by atoms with van der Waals surface area (Å²) in [6, 6.07) is 29.9. The Morgan fingerprint density at radius 3 is 1.82 bits per heavy atom. The Kier molecular flexibility index (Phi) is 13.8. The first-order chi connectivity index (χ1) is 27.4. The van der Waals surface area contributed by atoms with Crippen molar-refractivity contribution in [3.63, 3.8) is 0 Å². The molecule has 4 aromatic carbocycles. The van der Waals surface area contributed by atoms with Crippen LogP contribution in [0, 0.1) is 0 Å². The summed E-state index contributed by atoms with van der Waals surface area (Å²) in [5.74, 6) is 4.52. The van der Waals surface area contributed by atoms with Gasteiger partial charge in [0.15, 0.2) is 23.0 Å². The Bertz CT molecular complexity index is 1980. The summed E-state index contributed by atoms with van der Waals surface area (Å²) < 4.78 is 39.7. The average Bonchev–Trinajstić information content (AvgIpc) is 3.25. The molecule has 1 aliphatic heterocycles. The highest BCUT2D eigenvalue weighted by molar-refractivity contribution is 5.72. The van der Waals surface area contributed by atoms with Gasteiger partial charge in [0, 0.05) is 49.7 Å².